The number of hydrogen-bond donors (Lipinski definition) is 2. The van der Waals surface area contributed by atoms with Gasteiger partial charge in [-0.1, -0.05) is 15.9 Å². The van der Waals surface area contributed by atoms with Gasteiger partial charge in [0.2, 0.25) is 0 Å². The van der Waals surface area contributed by atoms with Crippen LogP contribution in [-0.4, -0.2) is 38.9 Å². The molecule has 1 aromatic rings. The fourth-order valence-electron chi connectivity index (χ4n) is 1.66. The van der Waals surface area contributed by atoms with Crippen molar-refractivity contribution in [2.24, 2.45) is 0 Å². The number of halogens is 2. The molecule has 0 spiro atoms. The van der Waals surface area contributed by atoms with Crippen LogP contribution >= 0.6 is 15.9 Å². The SMILES string of the molecule is O=S(=O)(Nc1ccc(Br)cc1F)N1CCNCC1. The van der Waals surface area contributed by atoms with Crippen LogP contribution < -0.4 is 10.0 Å². The maximum atomic E-state index is 13.6. The van der Waals surface area contributed by atoms with Gasteiger partial charge in [-0.05, 0) is 18.2 Å². The Morgan fingerprint density at radius 1 is 1.33 bits per heavy atom. The zero-order chi connectivity index (χ0) is 13.2. The Labute approximate surface area is 114 Å². The van der Waals surface area contributed by atoms with Crippen molar-refractivity contribution >= 4 is 31.8 Å². The molecule has 0 saturated carbocycles. The molecule has 0 radical (unpaired) electrons. The van der Waals surface area contributed by atoms with Crippen molar-refractivity contribution in [3.8, 4) is 0 Å². The first-order valence-corrected chi connectivity index (χ1v) is 7.66. The first-order chi connectivity index (χ1) is 8.49. The van der Waals surface area contributed by atoms with Crippen molar-refractivity contribution in [3.05, 3.63) is 28.5 Å². The third kappa shape index (κ3) is 3.19. The minimum atomic E-state index is -3.68. The molecule has 2 rings (SSSR count). The summed E-state index contributed by atoms with van der Waals surface area (Å²) in [7, 11) is -3.68. The molecule has 1 saturated heterocycles. The van der Waals surface area contributed by atoms with Gasteiger partial charge < -0.3 is 5.32 Å². The molecule has 0 amide bonds. The molecule has 1 aromatic carbocycles. The van der Waals surface area contributed by atoms with E-state index in [0.29, 0.717) is 30.7 Å². The van der Waals surface area contributed by atoms with Gasteiger partial charge in [-0.25, -0.2) is 4.39 Å². The van der Waals surface area contributed by atoms with Crippen LogP contribution in [0.1, 0.15) is 0 Å². The van der Waals surface area contributed by atoms with Crippen molar-refractivity contribution < 1.29 is 12.8 Å². The van der Waals surface area contributed by atoms with Gasteiger partial charge in [0, 0.05) is 30.7 Å². The summed E-state index contributed by atoms with van der Waals surface area (Å²) in [5, 5.41) is 3.06. The predicted molar refractivity (Wildman–Crippen MR) is 71.1 cm³/mol. The van der Waals surface area contributed by atoms with Crippen molar-refractivity contribution in [1.82, 2.24) is 9.62 Å². The predicted octanol–water partition coefficient (Wildman–Crippen LogP) is 1.15. The molecule has 5 nitrogen and oxygen atoms in total. The number of rotatable bonds is 3. The Hall–Kier alpha value is -0.700. The smallest absolute Gasteiger partial charge is 0.301 e. The van der Waals surface area contributed by atoms with Gasteiger partial charge in [0.25, 0.3) is 0 Å². The van der Waals surface area contributed by atoms with Gasteiger partial charge in [0.1, 0.15) is 5.82 Å². The number of benzene rings is 1. The third-order valence-electron chi connectivity index (χ3n) is 2.59. The standard InChI is InChI=1S/C10H13BrFN3O2S/c11-8-1-2-10(9(12)7-8)14-18(16,17)15-5-3-13-4-6-15/h1-2,7,13-14H,3-6H2. The van der Waals surface area contributed by atoms with Crippen LogP contribution in [-0.2, 0) is 10.2 Å². The van der Waals surface area contributed by atoms with Crippen molar-refractivity contribution in [3.63, 3.8) is 0 Å². The van der Waals surface area contributed by atoms with E-state index in [2.05, 4.69) is 26.0 Å². The van der Waals surface area contributed by atoms with Crippen LogP contribution in [0, 0.1) is 5.82 Å². The molecule has 2 N–H and O–H groups in total. The fraction of sp³-hybridized carbons (Fsp3) is 0.400. The summed E-state index contributed by atoms with van der Waals surface area (Å²) in [6.45, 7) is 1.97. The molecule has 0 unspecified atom stereocenters. The first kappa shape index (κ1) is 13.7. The van der Waals surface area contributed by atoms with Gasteiger partial charge in [-0.3, -0.25) is 4.72 Å². The normalized spacial score (nSPS) is 17.7. The van der Waals surface area contributed by atoms with E-state index >= 15 is 0 Å². The van der Waals surface area contributed by atoms with Crippen molar-refractivity contribution in [1.29, 1.82) is 0 Å². The van der Waals surface area contributed by atoms with Gasteiger partial charge in [0.05, 0.1) is 5.69 Å². The molecule has 0 atom stereocenters. The quantitative estimate of drug-likeness (QED) is 0.869. The molecule has 1 aliphatic rings. The highest BCUT2D eigenvalue weighted by Gasteiger charge is 2.24. The Kier molecular flexibility index (Phi) is 4.21. The summed E-state index contributed by atoms with van der Waals surface area (Å²) in [6.07, 6.45) is 0. The Morgan fingerprint density at radius 2 is 2.00 bits per heavy atom. The van der Waals surface area contributed by atoms with Crippen LogP contribution in [0.3, 0.4) is 0 Å². The number of nitrogens with one attached hydrogen (secondary N) is 2. The molecule has 0 aliphatic carbocycles. The Morgan fingerprint density at radius 3 is 2.61 bits per heavy atom. The number of nitrogens with zero attached hydrogens (tertiary/aromatic N) is 1. The Bertz CT molecular complexity index is 532. The van der Waals surface area contributed by atoms with Gasteiger partial charge >= 0.3 is 10.2 Å². The van der Waals surface area contributed by atoms with E-state index in [9.17, 15) is 12.8 Å². The lowest BCUT2D eigenvalue weighted by molar-refractivity contribution is 0.362. The summed E-state index contributed by atoms with van der Waals surface area (Å²) >= 11 is 3.12. The lowest BCUT2D eigenvalue weighted by Crippen LogP contribution is -2.48. The van der Waals surface area contributed by atoms with E-state index in [1.54, 1.807) is 6.07 Å². The molecule has 1 aliphatic heterocycles. The molecular formula is C10H13BrFN3O2S. The highest BCUT2D eigenvalue weighted by Crippen LogP contribution is 2.21. The van der Waals surface area contributed by atoms with Crippen molar-refractivity contribution in [2.75, 3.05) is 30.9 Å². The lowest BCUT2D eigenvalue weighted by atomic mass is 10.3. The second-order valence-corrected chi connectivity index (χ2v) is 6.47. The topological polar surface area (TPSA) is 61.4 Å². The van der Waals surface area contributed by atoms with Gasteiger partial charge in [-0.2, -0.15) is 12.7 Å². The second-order valence-electron chi connectivity index (χ2n) is 3.88. The van der Waals surface area contributed by atoms with Crippen LogP contribution in [0.25, 0.3) is 0 Å². The zero-order valence-electron chi connectivity index (χ0n) is 9.49. The van der Waals surface area contributed by atoms with Crippen LogP contribution in [0.15, 0.2) is 22.7 Å². The minimum Gasteiger partial charge on any atom is -0.314 e. The first-order valence-electron chi connectivity index (χ1n) is 5.43. The number of hydrogen-bond acceptors (Lipinski definition) is 3. The van der Waals surface area contributed by atoms with Crippen LogP contribution in [0.5, 0.6) is 0 Å². The summed E-state index contributed by atoms with van der Waals surface area (Å²) in [4.78, 5) is 0. The monoisotopic (exact) mass is 337 g/mol. The molecular weight excluding hydrogens is 325 g/mol. The van der Waals surface area contributed by atoms with Crippen molar-refractivity contribution in [2.45, 2.75) is 0 Å². The molecule has 1 heterocycles. The molecule has 0 bridgehead atoms. The van der Waals surface area contributed by atoms with Crippen LogP contribution in [0.2, 0.25) is 0 Å². The summed E-state index contributed by atoms with van der Waals surface area (Å²) in [6, 6.07) is 4.19. The number of piperazine rings is 1. The van der Waals surface area contributed by atoms with Gasteiger partial charge in [0.15, 0.2) is 0 Å². The third-order valence-corrected chi connectivity index (χ3v) is 4.60. The maximum Gasteiger partial charge on any atom is 0.301 e. The van der Waals surface area contributed by atoms with Crippen LogP contribution in [0.4, 0.5) is 10.1 Å². The molecule has 18 heavy (non-hydrogen) atoms. The largest absolute Gasteiger partial charge is 0.314 e. The average molecular weight is 338 g/mol. The van der Waals surface area contributed by atoms with E-state index in [1.165, 1.54) is 16.4 Å². The highest BCUT2D eigenvalue weighted by atomic mass is 79.9. The second kappa shape index (κ2) is 5.52. The van der Waals surface area contributed by atoms with E-state index in [4.69, 9.17) is 0 Å². The van der Waals surface area contributed by atoms with E-state index in [0.717, 1.165) is 0 Å². The molecule has 8 heteroatoms. The lowest BCUT2D eigenvalue weighted by Gasteiger charge is -2.26. The van der Waals surface area contributed by atoms with E-state index < -0.39 is 16.0 Å². The van der Waals surface area contributed by atoms with E-state index in [-0.39, 0.29) is 5.69 Å². The minimum absolute atomic E-state index is 0.0447. The summed E-state index contributed by atoms with van der Waals surface area (Å²) in [5.41, 5.74) is -0.0447. The fourth-order valence-corrected chi connectivity index (χ4v) is 3.23. The molecule has 0 aromatic heterocycles. The average Bonchev–Trinajstić information content (AvgIpc) is 2.34. The zero-order valence-corrected chi connectivity index (χ0v) is 11.9. The molecule has 1 fully saturated rings. The Balaban J connectivity index is 2.16. The number of anilines is 1. The van der Waals surface area contributed by atoms with E-state index in [1.807, 2.05) is 0 Å². The molecule has 100 valence electrons. The maximum absolute atomic E-state index is 13.6. The van der Waals surface area contributed by atoms with Gasteiger partial charge in [-0.15, -0.1) is 0 Å². The highest BCUT2D eigenvalue weighted by molar-refractivity contribution is 9.10. The summed E-state index contributed by atoms with van der Waals surface area (Å²) in [5.74, 6) is -0.608. The summed E-state index contributed by atoms with van der Waals surface area (Å²) < 4.78 is 41.7.